The smallest absolute Gasteiger partial charge is 0.309 e. The minimum absolute atomic E-state index is 0.00310. The number of hydrogen-bond acceptors (Lipinski definition) is 5. The normalized spacial score (nSPS) is 19.7. The number of hydrogen-bond donors (Lipinski definition) is 1. The largest absolute Gasteiger partial charge is 0.481 e. The van der Waals surface area contributed by atoms with E-state index >= 15 is 0 Å². The molecule has 1 aromatic rings. The maximum Gasteiger partial charge on any atom is 0.309 e. The van der Waals surface area contributed by atoms with Crippen molar-refractivity contribution in [2.45, 2.75) is 19.3 Å². The van der Waals surface area contributed by atoms with Crippen LogP contribution in [0.3, 0.4) is 0 Å². The van der Waals surface area contributed by atoms with Gasteiger partial charge in [-0.15, -0.1) is 11.3 Å². The summed E-state index contributed by atoms with van der Waals surface area (Å²) in [7, 11) is 2.00. The van der Waals surface area contributed by atoms with Crippen LogP contribution in [0.15, 0.2) is 5.38 Å². The zero-order chi connectivity index (χ0) is 13.0. The Morgan fingerprint density at radius 1 is 1.72 bits per heavy atom. The molecular formula is C12H18N2O3S. The number of rotatable bonds is 5. The van der Waals surface area contributed by atoms with Gasteiger partial charge in [-0.2, -0.15) is 0 Å². The molecule has 1 aliphatic rings. The van der Waals surface area contributed by atoms with Gasteiger partial charge < -0.3 is 14.7 Å². The van der Waals surface area contributed by atoms with Crippen molar-refractivity contribution in [3.05, 3.63) is 11.1 Å². The average Bonchev–Trinajstić information content (AvgIpc) is 2.78. The van der Waals surface area contributed by atoms with E-state index in [9.17, 15) is 4.79 Å². The molecule has 2 heterocycles. The highest BCUT2D eigenvalue weighted by Crippen LogP contribution is 2.22. The first kappa shape index (κ1) is 13.3. The van der Waals surface area contributed by atoms with Crippen LogP contribution in [-0.2, 0) is 16.0 Å². The Balaban J connectivity index is 1.89. The zero-order valence-corrected chi connectivity index (χ0v) is 11.3. The van der Waals surface area contributed by atoms with Gasteiger partial charge in [-0.1, -0.05) is 0 Å². The van der Waals surface area contributed by atoms with Crippen molar-refractivity contribution in [2.75, 3.05) is 31.7 Å². The molecule has 0 saturated carbocycles. The molecule has 0 aliphatic carbocycles. The molecule has 0 spiro atoms. The topological polar surface area (TPSA) is 62.7 Å². The fraction of sp³-hybridized carbons (Fsp3) is 0.667. The van der Waals surface area contributed by atoms with E-state index in [1.165, 1.54) is 17.8 Å². The highest BCUT2D eigenvalue weighted by molar-refractivity contribution is 7.13. The summed E-state index contributed by atoms with van der Waals surface area (Å²) in [5, 5.41) is 11.4. The van der Waals surface area contributed by atoms with Gasteiger partial charge in [-0.05, 0) is 18.8 Å². The van der Waals surface area contributed by atoms with Crippen LogP contribution in [-0.4, -0.2) is 42.9 Å². The maximum atomic E-state index is 10.6. The van der Waals surface area contributed by atoms with Crippen LogP contribution in [0, 0.1) is 5.92 Å². The molecule has 2 rings (SSSR count). The summed E-state index contributed by atoms with van der Waals surface area (Å²) in [5.41, 5.74) is 0.634. The van der Waals surface area contributed by atoms with Crippen LogP contribution in [0.2, 0.25) is 0 Å². The molecule has 100 valence electrons. The number of carbonyl (C=O) groups is 1. The van der Waals surface area contributed by atoms with Crippen LogP contribution in [0.1, 0.15) is 18.5 Å². The molecule has 1 aromatic heterocycles. The van der Waals surface area contributed by atoms with Crippen molar-refractivity contribution in [1.82, 2.24) is 4.98 Å². The summed E-state index contributed by atoms with van der Waals surface area (Å²) in [4.78, 5) is 17.0. The van der Waals surface area contributed by atoms with Gasteiger partial charge in [-0.25, -0.2) is 4.98 Å². The molecule has 1 unspecified atom stereocenters. The lowest BCUT2D eigenvalue weighted by Gasteiger charge is -2.26. The summed E-state index contributed by atoms with van der Waals surface area (Å²) >= 11 is 1.50. The summed E-state index contributed by atoms with van der Waals surface area (Å²) in [6.45, 7) is 2.61. The number of nitrogens with zero attached hydrogens (tertiary/aromatic N) is 2. The van der Waals surface area contributed by atoms with Gasteiger partial charge in [0, 0.05) is 25.6 Å². The summed E-state index contributed by atoms with van der Waals surface area (Å²) in [6, 6.07) is 0. The standard InChI is InChI=1S/C12H18N2O3S/c1-14(6-9-3-2-4-17-7-9)12-13-10(8-18-12)5-11(15)16/h8-9H,2-7H2,1H3,(H,15,16). The number of thiazole rings is 1. The second kappa shape index (κ2) is 6.15. The van der Waals surface area contributed by atoms with Crippen molar-refractivity contribution in [2.24, 2.45) is 5.92 Å². The lowest BCUT2D eigenvalue weighted by molar-refractivity contribution is -0.136. The van der Waals surface area contributed by atoms with E-state index in [0.29, 0.717) is 11.6 Å². The number of carboxylic acid groups (broad SMARTS) is 1. The predicted molar refractivity (Wildman–Crippen MR) is 70.3 cm³/mol. The minimum atomic E-state index is -0.838. The SMILES string of the molecule is CN(CC1CCCOC1)c1nc(CC(=O)O)cs1. The van der Waals surface area contributed by atoms with E-state index in [2.05, 4.69) is 9.88 Å². The highest BCUT2D eigenvalue weighted by atomic mass is 32.1. The molecule has 1 atom stereocenters. The van der Waals surface area contributed by atoms with Gasteiger partial charge in [0.2, 0.25) is 0 Å². The van der Waals surface area contributed by atoms with Crippen molar-refractivity contribution in [1.29, 1.82) is 0 Å². The molecule has 1 fully saturated rings. The van der Waals surface area contributed by atoms with Gasteiger partial charge in [-0.3, -0.25) is 4.79 Å². The van der Waals surface area contributed by atoms with E-state index in [0.717, 1.165) is 31.3 Å². The molecule has 0 aromatic carbocycles. The second-order valence-electron chi connectivity index (χ2n) is 4.66. The van der Waals surface area contributed by atoms with Crippen molar-refractivity contribution in [3.8, 4) is 0 Å². The molecular weight excluding hydrogens is 252 g/mol. The van der Waals surface area contributed by atoms with Gasteiger partial charge >= 0.3 is 5.97 Å². The van der Waals surface area contributed by atoms with Gasteiger partial charge in [0.1, 0.15) is 0 Å². The third-order valence-corrected chi connectivity index (χ3v) is 3.99. The van der Waals surface area contributed by atoms with E-state index < -0.39 is 5.97 Å². The molecule has 0 bridgehead atoms. The monoisotopic (exact) mass is 270 g/mol. The van der Waals surface area contributed by atoms with Crippen LogP contribution in [0.5, 0.6) is 0 Å². The van der Waals surface area contributed by atoms with E-state index in [1.807, 2.05) is 12.4 Å². The number of aliphatic carboxylic acids is 1. The van der Waals surface area contributed by atoms with E-state index in [1.54, 1.807) is 0 Å². The summed E-state index contributed by atoms with van der Waals surface area (Å²) in [5.74, 6) is -0.286. The van der Waals surface area contributed by atoms with Crippen LogP contribution in [0.4, 0.5) is 5.13 Å². The van der Waals surface area contributed by atoms with E-state index in [4.69, 9.17) is 9.84 Å². The average molecular weight is 270 g/mol. The Labute approximate surface area is 110 Å². The first-order valence-corrected chi connectivity index (χ1v) is 6.98. The Morgan fingerprint density at radius 2 is 2.56 bits per heavy atom. The quantitative estimate of drug-likeness (QED) is 0.881. The lowest BCUT2D eigenvalue weighted by atomic mass is 10.0. The molecule has 0 radical (unpaired) electrons. The van der Waals surface area contributed by atoms with Crippen LogP contribution >= 0.6 is 11.3 Å². The van der Waals surface area contributed by atoms with Crippen LogP contribution < -0.4 is 4.90 Å². The third kappa shape index (κ3) is 3.68. The first-order chi connectivity index (χ1) is 8.65. The highest BCUT2D eigenvalue weighted by Gasteiger charge is 2.17. The second-order valence-corrected chi connectivity index (χ2v) is 5.49. The third-order valence-electron chi connectivity index (χ3n) is 2.99. The van der Waals surface area contributed by atoms with Gasteiger partial charge in [0.15, 0.2) is 5.13 Å². The molecule has 5 nitrogen and oxygen atoms in total. The molecule has 1 N–H and O–H groups in total. The number of carboxylic acids is 1. The number of aromatic nitrogens is 1. The minimum Gasteiger partial charge on any atom is -0.481 e. The fourth-order valence-corrected chi connectivity index (χ4v) is 2.93. The summed E-state index contributed by atoms with van der Waals surface area (Å²) < 4.78 is 5.46. The van der Waals surface area contributed by atoms with Crippen molar-refractivity contribution < 1.29 is 14.6 Å². The lowest BCUT2D eigenvalue weighted by Crippen LogP contribution is -2.30. The molecule has 0 amide bonds. The van der Waals surface area contributed by atoms with Crippen molar-refractivity contribution in [3.63, 3.8) is 0 Å². The Bertz CT molecular complexity index is 402. The number of ether oxygens (including phenoxy) is 1. The van der Waals surface area contributed by atoms with E-state index in [-0.39, 0.29) is 6.42 Å². The molecule has 6 heteroatoms. The maximum absolute atomic E-state index is 10.6. The molecule has 18 heavy (non-hydrogen) atoms. The Hall–Kier alpha value is -1.14. The molecule has 1 aliphatic heterocycles. The Kier molecular flexibility index (Phi) is 4.54. The Morgan fingerprint density at radius 3 is 3.22 bits per heavy atom. The molecule has 1 saturated heterocycles. The first-order valence-electron chi connectivity index (χ1n) is 6.10. The summed E-state index contributed by atoms with van der Waals surface area (Å²) in [6.07, 6.45) is 2.31. The van der Waals surface area contributed by atoms with Gasteiger partial charge in [0.25, 0.3) is 0 Å². The number of anilines is 1. The zero-order valence-electron chi connectivity index (χ0n) is 10.5. The predicted octanol–water partition coefficient (Wildman–Crippen LogP) is 1.63. The fourth-order valence-electron chi connectivity index (χ4n) is 2.12. The van der Waals surface area contributed by atoms with Gasteiger partial charge in [0.05, 0.1) is 18.7 Å². The van der Waals surface area contributed by atoms with Crippen molar-refractivity contribution >= 4 is 22.4 Å². The van der Waals surface area contributed by atoms with Crippen LogP contribution in [0.25, 0.3) is 0 Å².